The number of likely N-dealkylation sites (N-methyl/N-ethyl adjacent to an activating group) is 1. The Morgan fingerprint density at radius 1 is 1.30 bits per heavy atom. The molecular formula is C15H28N4O. The molecule has 0 spiro atoms. The number of hydrogen-bond acceptors (Lipinski definition) is 5. The van der Waals surface area contributed by atoms with Crippen molar-refractivity contribution in [1.82, 2.24) is 20.4 Å². The monoisotopic (exact) mass is 280 g/mol. The number of nitrogens with one attached hydrogen (secondary N) is 1. The molecule has 2 rings (SSSR count). The molecular weight excluding hydrogens is 252 g/mol. The van der Waals surface area contributed by atoms with E-state index in [9.17, 15) is 0 Å². The summed E-state index contributed by atoms with van der Waals surface area (Å²) in [5, 5.41) is 7.62. The lowest BCUT2D eigenvalue weighted by Gasteiger charge is -2.27. The van der Waals surface area contributed by atoms with Crippen LogP contribution in [0, 0.1) is 5.92 Å². The highest BCUT2D eigenvalue weighted by molar-refractivity contribution is 4.96. The maximum Gasteiger partial charge on any atom is 0.243 e. The second-order valence-electron chi connectivity index (χ2n) is 5.63. The zero-order valence-electron chi connectivity index (χ0n) is 13.1. The SMILES string of the molecule is CCC1CCNC(c2nc(CCN(CC)CC)no2)C1. The van der Waals surface area contributed by atoms with E-state index in [1.165, 1.54) is 12.8 Å². The molecule has 5 nitrogen and oxygen atoms in total. The Kier molecular flexibility index (Phi) is 5.98. The van der Waals surface area contributed by atoms with Crippen LogP contribution in [0.2, 0.25) is 0 Å². The van der Waals surface area contributed by atoms with E-state index in [-0.39, 0.29) is 6.04 Å². The van der Waals surface area contributed by atoms with Crippen molar-refractivity contribution in [3.63, 3.8) is 0 Å². The van der Waals surface area contributed by atoms with E-state index >= 15 is 0 Å². The van der Waals surface area contributed by atoms with Gasteiger partial charge in [0.2, 0.25) is 5.89 Å². The molecule has 0 radical (unpaired) electrons. The van der Waals surface area contributed by atoms with Crippen LogP contribution in [0.1, 0.15) is 57.8 Å². The molecule has 2 unspecified atom stereocenters. The van der Waals surface area contributed by atoms with Gasteiger partial charge in [0.05, 0.1) is 6.04 Å². The highest BCUT2D eigenvalue weighted by Gasteiger charge is 2.25. The van der Waals surface area contributed by atoms with Crippen molar-refractivity contribution in [2.24, 2.45) is 5.92 Å². The van der Waals surface area contributed by atoms with Gasteiger partial charge in [0.25, 0.3) is 0 Å². The van der Waals surface area contributed by atoms with E-state index in [1.807, 2.05) is 0 Å². The quantitative estimate of drug-likeness (QED) is 0.831. The van der Waals surface area contributed by atoms with Gasteiger partial charge in [-0.05, 0) is 38.4 Å². The van der Waals surface area contributed by atoms with Gasteiger partial charge in [-0.3, -0.25) is 0 Å². The van der Waals surface area contributed by atoms with Gasteiger partial charge in [-0.1, -0.05) is 32.3 Å². The summed E-state index contributed by atoms with van der Waals surface area (Å²) in [5.74, 6) is 2.40. The first-order valence-corrected chi connectivity index (χ1v) is 8.04. The van der Waals surface area contributed by atoms with Crippen molar-refractivity contribution >= 4 is 0 Å². The second-order valence-corrected chi connectivity index (χ2v) is 5.63. The van der Waals surface area contributed by atoms with Crippen LogP contribution in [0.3, 0.4) is 0 Å². The second kappa shape index (κ2) is 7.74. The van der Waals surface area contributed by atoms with Crippen LogP contribution in [-0.4, -0.2) is 41.2 Å². The summed E-state index contributed by atoms with van der Waals surface area (Å²) in [6.45, 7) is 10.8. The van der Waals surface area contributed by atoms with Crippen LogP contribution < -0.4 is 5.32 Å². The van der Waals surface area contributed by atoms with Crippen LogP contribution in [0.5, 0.6) is 0 Å². The van der Waals surface area contributed by atoms with Gasteiger partial charge in [-0.25, -0.2) is 0 Å². The normalized spacial score (nSPS) is 23.4. The van der Waals surface area contributed by atoms with Crippen LogP contribution in [-0.2, 0) is 6.42 Å². The average Bonchev–Trinajstić information content (AvgIpc) is 2.97. The number of aromatic nitrogens is 2. The van der Waals surface area contributed by atoms with Crippen molar-refractivity contribution in [3.05, 3.63) is 11.7 Å². The third-order valence-electron chi connectivity index (χ3n) is 4.42. The van der Waals surface area contributed by atoms with Crippen LogP contribution in [0.15, 0.2) is 4.52 Å². The van der Waals surface area contributed by atoms with E-state index in [0.29, 0.717) is 0 Å². The first-order valence-electron chi connectivity index (χ1n) is 8.04. The van der Waals surface area contributed by atoms with E-state index in [0.717, 1.165) is 56.7 Å². The Labute approximate surface area is 122 Å². The molecule has 0 aromatic carbocycles. The predicted octanol–water partition coefficient (Wildman–Crippen LogP) is 2.40. The van der Waals surface area contributed by atoms with E-state index in [2.05, 4.69) is 41.1 Å². The lowest BCUT2D eigenvalue weighted by atomic mass is 9.90. The molecule has 0 bridgehead atoms. The van der Waals surface area contributed by atoms with Crippen molar-refractivity contribution in [3.8, 4) is 0 Å². The van der Waals surface area contributed by atoms with Crippen molar-refractivity contribution in [1.29, 1.82) is 0 Å². The predicted molar refractivity (Wildman–Crippen MR) is 79.5 cm³/mol. The molecule has 5 heteroatoms. The fraction of sp³-hybridized carbons (Fsp3) is 0.867. The Bertz CT molecular complexity index is 389. The molecule has 0 amide bonds. The fourth-order valence-electron chi connectivity index (χ4n) is 2.86. The van der Waals surface area contributed by atoms with E-state index < -0.39 is 0 Å². The summed E-state index contributed by atoms with van der Waals surface area (Å²) in [6.07, 6.45) is 4.49. The first-order chi connectivity index (χ1) is 9.76. The van der Waals surface area contributed by atoms with Crippen molar-refractivity contribution < 1.29 is 4.52 Å². The van der Waals surface area contributed by atoms with Gasteiger partial charge in [-0.15, -0.1) is 0 Å². The smallest absolute Gasteiger partial charge is 0.243 e. The molecule has 1 N–H and O–H groups in total. The molecule has 1 aliphatic heterocycles. The summed E-state index contributed by atoms with van der Waals surface area (Å²) in [6, 6.07) is 0.253. The topological polar surface area (TPSA) is 54.2 Å². The highest BCUT2D eigenvalue weighted by Crippen LogP contribution is 2.28. The molecule has 2 heterocycles. The summed E-state index contributed by atoms with van der Waals surface area (Å²) in [7, 11) is 0. The van der Waals surface area contributed by atoms with E-state index in [1.54, 1.807) is 0 Å². The maximum atomic E-state index is 5.45. The zero-order chi connectivity index (χ0) is 14.4. The third-order valence-corrected chi connectivity index (χ3v) is 4.42. The molecule has 20 heavy (non-hydrogen) atoms. The highest BCUT2D eigenvalue weighted by atomic mass is 16.5. The van der Waals surface area contributed by atoms with Crippen LogP contribution in [0.4, 0.5) is 0 Å². The summed E-state index contributed by atoms with van der Waals surface area (Å²) in [4.78, 5) is 6.95. The van der Waals surface area contributed by atoms with Crippen LogP contribution in [0.25, 0.3) is 0 Å². The molecule has 1 aromatic heterocycles. The fourth-order valence-corrected chi connectivity index (χ4v) is 2.86. The first kappa shape index (κ1) is 15.4. The molecule has 0 aliphatic carbocycles. The van der Waals surface area contributed by atoms with Gasteiger partial charge in [0.15, 0.2) is 5.82 Å². The molecule has 1 aromatic rings. The standard InChI is InChI=1S/C15H28N4O/c1-4-12-7-9-16-13(11-12)15-17-14(18-20-15)8-10-19(5-2)6-3/h12-13,16H,4-11H2,1-3H3. The van der Waals surface area contributed by atoms with Gasteiger partial charge >= 0.3 is 0 Å². The number of nitrogens with zero attached hydrogens (tertiary/aromatic N) is 3. The summed E-state index contributed by atoms with van der Waals surface area (Å²) >= 11 is 0. The largest absolute Gasteiger partial charge is 0.338 e. The molecule has 1 aliphatic rings. The van der Waals surface area contributed by atoms with Crippen molar-refractivity contribution in [2.45, 2.75) is 52.5 Å². The van der Waals surface area contributed by atoms with Gasteiger partial charge in [-0.2, -0.15) is 4.98 Å². The number of hydrogen-bond donors (Lipinski definition) is 1. The van der Waals surface area contributed by atoms with Crippen LogP contribution >= 0.6 is 0 Å². The Morgan fingerprint density at radius 2 is 2.10 bits per heavy atom. The molecule has 114 valence electrons. The van der Waals surface area contributed by atoms with Gasteiger partial charge < -0.3 is 14.7 Å². The molecule has 2 atom stereocenters. The van der Waals surface area contributed by atoms with Gasteiger partial charge in [0.1, 0.15) is 0 Å². The Balaban J connectivity index is 1.88. The summed E-state index contributed by atoms with van der Waals surface area (Å²) < 4.78 is 5.45. The minimum absolute atomic E-state index is 0.253. The van der Waals surface area contributed by atoms with Crippen molar-refractivity contribution in [2.75, 3.05) is 26.2 Å². The summed E-state index contributed by atoms with van der Waals surface area (Å²) in [5.41, 5.74) is 0. The lowest BCUT2D eigenvalue weighted by Crippen LogP contribution is -2.31. The molecule has 1 fully saturated rings. The van der Waals surface area contributed by atoms with Gasteiger partial charge in [0, 0.05) is 13.0 Å². The number of rotatable bonds is 7. The Hall–Kier alpha value is -0.940. The molecule has 1 saturated heterocycles. The minimum Gasteiger partial charge on any atom is -0.338 e. The zero-order valence-corrected chi connectivity index (χ0v) is 13.1. The Morgan fingerprint density at radius 3 is 2.80 bits per heavy atom. The minimum atomic E-state index is 0.253. The maximum absolute atomic E-state index is 5.45. The third kappa shape index (κ3) is 4.03. The molecule has 0 saturated carbocycles. The van der Waals surface area contributed by atoms with E-state index in [4.69, 9.17) is 4.52 Å². The lowest BCUT2D eigenvalue weighted by molar-refractivity contribution is 0.245. The number of piperidine rings is 1. The average molecular weight is 280 g/mol.